The first kappa shape index (κ1) is 21.9. The van der Waals surface area contributed by atoms with Crippen molar-refractivity contribution in [3.05, 3.63) is 0 Å². The van der Waals surface area contributed by atoms with Gasteiger partial charge in [-0.25, -0.2) is 0 Å². The molecular formula is C20H42N2O2. The van der Waals surface area contributed by atoms with Gasteiger partial charge in [-0.15, -0.1) is 0 Å². The molecule has 0 aliphatic carbocycles. The monoisotopic (exact) mass is 342 g/mol. The van der Waals surface area contributed by atoms with Gasteiger partial charge in [0, 0.05) is 26.4 Å². The Morgan fingerprint density at radius 3 is 1.12 bits per heavy atom. The fourth-order valence-electron chi connectivity index (χ4n) is 3.02. The second kappa shape index (κ2) is 19.2. The summed E-state index contributed by atoms with van der Waals surface area (Å²) in [4.78, 5) is 0. The number of rotatable bonds is 0. The van der Waals surface area contributed by atoms with E-state index in [0.29, 0.717) is 0 Å². The van der Waals surface area contributed by atoms with Crippen LogP contribution in [0.2, 0.25) is 0 Å². The van der Waals surface area contributed by atoms with E-state index in [9.17, 15) is 0 Å². The van der Waals surface area contributed by atoms with Gasteiger partial charge in [0.1, 0.15) is 0 Å². The third-order valence-corrected chi connectivity index (χ3v) is 4.57. The first-order chi connectivity index (χ1) is 12.0. The van der Waals surface area contributed by atoms with Crippen molar-refractivity contribution >= 4 is 0 Å². The molecule has 0 saturated carbocycles. The summed E-state index contributed by atoms with van der Waals surface area (Å²) in [6, 6.07) is 0. The van der Waals surface area contributed by atoms with E-state index in [1.165, 1.54) is 64.5 Å². The highest BCUT2D eigenvalue weighted by Crippen LogP contribution is 2.08. The Morgan fingerprint density at radius 1 is 0.333 bits per heavy atom. The SMILES string of the molecule is C1CCCCCNCCCOCCCCOCCCNCCCC1. The number of ether oxygens (including phenoxy) is 2. The van der Waals surface area contributed by atoms with Crippen LogP contribution in [0.15, 0.2) is 0 Å². The Morgan fingerprint density at radius 2 is 0.667 bits per heavy atom. The van der Waals surface area contributed by atoms with Crippen molar-refractivity contribution < 1.29 is 9.47 Å². The van der Waals surface area contributed by atoms with Gasteiger partial charge in [0.15, 0.2) is 0 Å². The summed E-state index contributed by atoms with van der Waals surface area (Å²) >= 11 is 0. The Labute approximate surface area is 150 Å². The van der Waals surface area contributed by atoms with Crippen molar-refractivity contribution in [3.63, 3.8) is 0 Å². The molecule has 0 unspecified atom stereocenters. The molecule has 0 aromatic rings. The molecule has 0 radical (unpaired) electrons. The van der Waals surface area contributed by atoms with Gasteiger partial charge in [0.05, 0.1) is 0 Å². The van der Waals surface area contributed by atoms with Crippen molar-refractivity contribution in [2.24, 2.45) is 0 Å². The van der Waals surface area contributed by atoms with Crippen molar-refractivity contribution in [1.82, 2.24) is 10.6 Å². The van der Waals surface area contributed by atoms with Crippen LogP contribution < -0.4 is 10.6 Å². The lowest BCUT2D eigenvalue weighted by Crippen LogP contribution is -2.18. The summed E-state index contributed by atoms with van der Waals surface area (Å²) in [6.45, 7) is 8.06. The smallest absolute Gasteiger partial charge is 0.0478 e. The third-order valence-electron chi connectivity index (χ3n) is 4.57. The van der Waals surface area contributed by atoms with Crippen LogP contribution in [0.5, 0.6) is 0 Å². The standard InChI is InChI=1S/C20H42N2O2/c1-2-4-6-8-14-22-16-12-20-24-18-10-9-17-23-19-11-15-21-13-7-5-3-1/h21-22H,1-20H2. The van der Waals surface area contributed by atoms with Gasteiger partial charge in [-0.05, 0) is 64.7 Å². The lowest BCUT2D eigenvalue weighted by atomic mass is 10.1. The summed E-state index contributed by atoms with van der Waals surface area (Å²) in [5.74, 6) is 0. The maximum absolute atomic E-state index is 5.67. The minimum Gasteiger partial charge on any atom is -0.381 e. The Hall–Kier alpha value is -0.160. The number of hydrogen-bond acceptors (Lipinski definition) is 4. The van der Waals surface area contributed by atoms with Crippen LogP contribution in [-0.4, -0.2) is 52.6 Å². The van der Waals surface area contributed by atoms with Crippen molar-refractivity contribution in [1.29, 1.82) is 0 Å². The highest BCUT2D eigenvalue weighted by Gasteiger charge is 1.96. The van der Waals surface area contributed by atoms with Gasteiger partial charge < -0.3 is 20.1 Å². The van der Waals surface area contributed by atoms with Gasteiger partial charge in [0.2, 0.25) is 0 Å². The van der Waals surface area contributed by atoms with Gasteiger partial charge in [-0.2, -0.15) is 0 Å². The molecule has 144 valence electrons. The molecule has 0 bridgehead atoms. The van der Waals surface area contributed by atoms with E-state index in [0.717, 1.165) is 65.2 Å². The normalized spacial score (nSPS) is 24.0. The van der Waals surface area contributed by atoms with Gasteiger partial charge in [-0.3, -0.25) is 0 Å². The molecule has 0 atom stereocenters. The van der Waals surface area contributed by atoms with Crippen LogP contribution in [-0.2, 0) is 9.47 Å². The molecule has 4 nitrogen and oxygen atoms in total. The second-order valence-corrected chi connectivity index (χ2v) is 6.97. The first-order valence-electron chi connectivity index (χ1n) is 10.6. The van der Waals surface area contributed by atoms with Gasteiger partial charge >= 0.3 is 0 Å². The van der Waals surface area contributed by atoms with Crippen molar-refractivity contribution in [2.45, 2.75) is 77.0 Å². The molecular weight excluding hydrogens is 300 g/mol. The average molecular weight is 343 g/mol. The summed E-state index contributed by atoms with van der Waals surface area (Å²) in [5, 5.41) is 7.06. The molecule has 0 spiro atoms. The minimum absolute atomic E-state index is 0.880. The quantitative estimate of drug-likeness (QED) is 0.701. The van der Waals surface area contributed by atoms with Crippen LogP contribution in [0.3, 0.4) is 0 Å². The zero-order valence-electron chi connectivity index (χ0n) is 16.0. The number of nitrogens with one attached hydrogen (secondary N) is 2. The van der Waals surface area contributed by atoms with E-state index >= 15 is 0 Å². The molecule has 1 saturated heterocycles. The van der Waals surface area contributed by atoms with Crippen LogP contribution in [0.25, 0.3) is 0 Å². The van der Waals surface area contributed by atoms with E-state index in [4.69, 9.17) is 9.47 Å². The Kier molecular flexibility index (Phi) is 17.5. The van der Waals surface area contributed by atoms with Gasteiger partial charge in [-0.1, -0.05) is 38.5 Å². The maximum Gasteiger partial charge on any atom is 0.0478 e. The summed E-state index contributed by atoms with van der Waals surface area (Å²) in [5.41, 5.74) is 0. The zero-order valence-corrected chi connectivity index (χ0v) is 16.0. The van der Waals surface area contributed by atoms with Crippen molar-refractivity contribution in [3.8, 4) is 0 Å². The average Bonchev–Trinajstić information content (AvgIpc) is 2.59. The highest BCUT2D eigenvalue weighted by molar-refractivity contribution is 4.53. The molecule has 0 aromatic heterocycles. The largest absolute Gasteiger partial charge is 0.381 e. The molecule has 1 aliphatic rings. The van der Waals surface area contributed by atoms with E-state index < -0.39 is 0 Å². The molecule has 1 heterocycles. The Bertz CT molecular complexity index is 130. The molecule has 4 heteroatoms. The van der Waals surface area contributed by atoms with Crippen LogP contribution in [0.4, 0.5) is 0 Å². The molecule has 0 aromatic carbocycles. The summed E-state index contributed by atoms with van der Waals surface area (Å²) in [6.07, 6.45) is 15.5. The summed E-state index contributed by atoms with van der Waals surface area (Å²) in [7, 11) is 0. The fourth-order valence-corrected chi connectivity index (χ4v) is 3.02. The first-order valence-corrected chi connectivity index (χ1v) is 10.6. The second-order valence-electron chi connectivity index (χ2n) is 6.97. The maximum atomic E-state index is 5.67. The molecule has 1 rings (SSSR count). The topological polar surface area (TPSA) is 42.5 Å². The summed E-state index contributed by atoms with van der Waals surface area (Å²) < 4.78 is 11.3. The zero-order chi connectivity index (χ0) is 17.0. The van der Waals surface area contributed by atoms with Crippen molar-refractivity contribution in [2.75, 3.05) is 52.6 Å². The molecule has 1 aliphatic heterocycles. The highest BCUT2D eigenvalue weighted by atomic mass is 16.5. The van der Waals surface area contributed by atoms with E-state index in [1.807, 2.05) is 0 Å². The Balaban J connectivity index is 2.00. The predicted octanol–water partition coefficient (Wildman–Crippen LogP) is 3.89. The predicted molar refractivity (Wildman–Crippen MR) is 103 cm³/mol. The molecule has 24 heavy (non-hydrogen) atoms. The molecule has 0 amide bonds. The lowest BCUT2D eigenvalue weighted by Gasteiger charge is -2.08. The van der Waals surface area contributed by atoms with Gasteiger partial charge in [0.25, 0.3) is 0 Å². The number of hydrogen-bond donors (Lipinski definition) is 2. The van der Waals surface area contributed by atoms with Crippen LogP contribution in [0, 0.1) is 0 Å². The fraction of sp³-hybridized carbons (Fsp3) is 1.00. The lowest BCUT2D eigenvalue weighted by molar-refractivity contribution is 0.101. The van der Waals surface area contributed by atoms with E-state index in [2.05, 4.69) is 10.6 Å². The van der Waals surface area contributed by atoms with Crippen LogP contribution in [0.1, 0.15) is 77.0 Å². The van der Waals surface area contributed by atoms with E-state index in [-0.39, 0.29) is 0 Å². The van der Waals surface area contributed by atoms with E-state index in [1.54, 1.807) is 0 Å². The van der Waals surface area contributed by atoms with Crippen LogP contribution >= 0.6 is 0 Å². The minimum atomic E-state index is 0.880. The third kappa shape index (κ3) is 16.7. The molecule has 1 fully saturated rings. The molecule has 2 N–H and O–H groups in total.